The molecule has 0 radical (unpaired) electrons. The number of hydrogen-bond donors (Lipinski definition) is 2. The van der Waals surface area contributed by atoms with Crippen LogP contribution in [0.25, 0.3) is 0 Å². The SMILES string of the molecule is CCC(CC)N(CCOC)c1ccc(N)c(C(=O)O)c1. The average molecular weight is 280 g/mol. The Labute approximate surface area is 120 Å². The van der Waals surface area contributed by atoms with Crippen LogP contribution in [0.5, 0.6) is 0 Å². The topological polar surface area (TPSA) is 75.8 Å². The lowest BCUT2D eigenvalue weighted by atomic mass is 10.1. The van der Waals surface area contributed by atoms with E-state index in [1.807, 2.05) is 6.07 Å². The van der Waals surface area contributed by atoms with Crippen LogP contribution in [0, 0.1) is 0 Å². The molecule has 5 nitrogen and oxygen atoms in total. The maximum atomic E-state index is 11.2. The first-order valence-corrected chi connectivity index (χ1v) is 6.93. The Hall–Kier alpha value is -1.75. The fourth-order valence-corrected chi connectivity index (χ4v) is 2.35. The van der Waals surface area contributed by atoms with Crippen LogP contribution in [0.4, 0.5) is 11.4 Å². The first-order valence-electron chi connectivity index (χ1n) is 6.93. The molecule has 0 aliphatic carbocycles. The summed E-state index contributed by atoms with van der Waals surface area (Å²) in [7, 11) is 1.66. The number of methoxy groups -OCH3 is 1. The number of nitrogens with zero attached hydrogens (tertiary/aromatic N) is 1. The molecule has 0 saturated heterocycles. The summed E-state index contributed by atoms with van der Waals surface area (Å²) in [5.74, 6) is -0.999. The molecular formula is C15H24N2O3. The van der Waals surface area contributed by atoms with E-state index >= 15 is 0 Å². The third kappa shape index (κ3) is 3.87. The van der Waals surface area contributed by atoms with E-state index in [0.717, 1.165) is 25.1 Å². The van der Waals surface area contributed by atoms with E-state index in [-0.39, 0.29) is 11.3 Å². The highest BCUT2D eigenvalue weighted by Crippen LogP contribution is 2.25. The molecule has 3 N–H and O–H groups in total. The Morgan fingerprint density at radius 3 is 2.55 bits per heavy atom. The predicted octanol–water partition coefficient (Wildman–Crippen LogP) is 2.61. The number of carboxylic acids is 1. The largest absolute Gasteiger partial charge is 0.478 e. The van der Waals surface area contributed by atoms with Crippen molar-refractivity contribution in [3.8, 4) is 0 Å². The minimum atomic E-state index is -0.999. The fourth-order valence-electron chi connectivity index (χ4n) is 2.35. The molecule has 0 heterocycles. The molecule has 0 saturated carbocycles. The van der Waals surface area contributed by atoms with Crippen molar-refractivity contribution in [1.82, 2.24) is 0 Å². The number of ether oxygens (including phenoxy) is 1. The van der Waals surface area contributed by atoms with Crippen molar-refractivity contribution in [1.29, 1.82) is 0 Å². The van der Waals surface area contributed by atoms with Crippen molar-refractivity contribution in [2.75, 3.05) is 30.9 Å². The predicted molar refractivity (Wildman–Crippen MR) is 81.4 cm³/mol. The number of hydrogen-bond acceptors (Lipinski definition) is 4. The van der Waals surface area contributed by atoms with Gasteiger partial charge >= 0.3 is 5.97 Å². The summed E-state index contributed by atoms with van der Waals surface area (Å²) in [6.45, 7) is 5.59. The summed E-state index contributed by atoms with van der Waals surface area (Å²) in [6, 6.07) is 5.53. The molecule has 0 spiro atoms. The maximum absolute atomic E-state index is 11.2. The van der Waals surface area contributed by atoms with Gasteiger partial charge in [-0.3, -0.25) is 0 Å². The maximum Gasteiger partial charge on any atom is 0.337 e. The van der Waals surface area contributed by atoms with Crippen molar-refractivity contribution in [3.63, 3.8) is 0 Å². The molecule has 0 unspecified atom stereocenters. The summed E-state index contributed by atoms with van der Waals surface area (Å²) < 4.78 is 5.15. The lowest BCUT2D eigenvalue weighted by molar-refractivity contribution is 0.0698. The normalized spacial score (nSPS) is 10.8. The monoisotopic (exact) mass is 280 g/mol. The van der Waals surface area contributed by atoms with Gasteiger partial charge in [0.2, 0.25) is 0 Å². The van der Waals surface area contributed by atoms with Gasteiger partial charge in [0.05, 0.1) is 12.2 Å². The standard InChI is InChI=1S/C15H24N2O3/c1-4-11(5-2)17(8-9-20-3)12-6-7-14(16)13(10-12)15(18)19/h6-7,10-11H,4-5,8-9,16H2,1-3H3,(H,18,19). The van der Waals surface area contributed by atoms with Crippen molar-refractivity contribution in [3.05, 3.63) is 23.8 Å². The van der Waals surface area contributed by atoms with Crippen LogP contribution in [0.2, 0.25) is 0 Å². The van der Waals surface area contributed by atoms with Crippen molar-refractivity contribution >= 4 is 17.3 Å². The minimum absolute atomic E-state index is 0.149. The average Bonchev–Trinajstić information content (AvgIpc) is 2.44. The summed E-state index contributed by atoms with van der Waals surface area (Å²) in [4.78, 5) is 13.4. The third-order valence-corrected chi connectivity index (χ3v) is 3.52. The summed E-state index contributed by atoms with van der Waals surface area (Å²) >= 11 is 0. The van der Waals surface area contributed by atoms with Gasteiger partial charge in [0.25, 0.3) is 0 Å². The van der Waals surface area contributed by atoms with E-state index < -0.39 is 5.97 Å². The number of rotatable bonds is 8. The highest BCUT2D eigenvalue weighted by molar-refractivity contribution is 5.94. The van der Waals surface area contributed by atoms with Crippen molar-refractivity contribution in [2.45, 2.75) is 32.7 Å². The van der Waals surface area contributed by atoms with E-state index in [1.165, 1.54) is 0 Å². The molecule has 1 aromatic rings. The first-order chi connectivity index (χ1) is 9.54. The Bertz CT molecular complexity index is 445. The van der Waals surface area contributed by atoms with Gasteiger partial charge in [-0.1, -0.05) is 13.8 Å². The van der Waals surface area contributed by atoms with Gasteiger partial charge in [-0.25, -0.2) is 4.79 Å². The molecule has 0 atom stereocenters. The Balaban J connectivity index is 3.12. The van der Waals surface area contributed by atoms with Gasteiger partial charge < -0.3 is 20.5 Å². The number of carbonyl (C=O) groups is 1. The van der Waals surface area contributed by atoms with Gasteiger partial charge in [0.1, 0.15) is 0 Å². The summed E-state index contributed by atoms with van der Waals surface area (Å²) in [5.41, 5.74) is 7.02. The van der Waals surface area contributed by atoms with Gasteiger partial charge in [-0.05, 0) is 31.0 Å². The molecule has 5 heteroatoms. The minimum Gasteiger partial charge on any atom is -0.478 e. The molecule has 1 aromatic carbocycles. The third-order valence-electron chi connectivity index (χ3n) is 3.52. The van der Waals surface area contributed by atoms with Crippen molar-refractivity contribution < 1.29 is 14.6 Å². The highest BCUT2D eigenvalue weighted by atomic mass is 16.5. The zero-order valence-electron chi connectivity index (χ0n) is 12.4. The second-order valence-electron chi connectivity index (χ2n) is 4.73. The van der Waals surface area contributed by atoms with Crippen LogP contribution in [0.3, 0.4) is 0 Å². The molecule has 1 rings (SSSR count). The lowest BCUT2D eigenvalue weighted by Crippen LogP contribution is -2.37. The van der Waals surface area contributed by atoms with Gasteiger partial charge in [-0.2, -0.15) is 0 Å². The second-order valence-corrected chi connectivity index (χ2v) is 4.73. The fraction of sp³-hybridized carbons (Fsp3) is 0.533. The van der Waals surface area contributed by atoms with Crippen molar-refractivity contribution in [2.24, 2.45) is 0 Å². The zero-order valence-corrected chi connectivity index (χ0v) is 12.4. The van der Waals surface area contributed by atoms with E-state index in [2.05, 4.69) is 18.7 Å². The molecule has 0 fully saturated rings. The highest BCUT2D eigenvalue weighted by Gasteiger charge is 2.18. The van der Waals surface area contributed by atoms with Gasteiger partial charge in [0.15, 0.2) is 0 Å². The molecular weight excluding hydrogens is 256 g/mol. The lowest BCUT2D eigenvalue weighted by Gasteiger charge is -2.32. The Morgan fingerprint density at radius 2 is 2.05 bits per heavy atom. The second kappa shape index (κ2) is 7.75. The molecule has 0 amide bonds. The number of carboxylic acid groups (broad SMARTS) is 1. The molecule has 112 valence electrons. The van der Waals surface area contributed by atoms with Gasteiger partial charge in [0, 0.05) is 31.1 Å². The zero-order chi connectivity index (χ0) is 15.1. The van der Waals surface area contributed by atoms with E-state index in [4.69, 9.17) is 10.5 Å². The molecule has 0 aromatic heterocycles. The van der Waals surface area contributed by atoms with Crippen LogP contribution >= 0.6 is 0 Å². The Kier molecular flexibility index (Phi) is 6.31. The number of aromatic carboxylic acids is 1. The summed E-state index contributed by atoms with van der Waals surface area (Å²) in [5, 5.41) is 9.18. The number of anilines is 2. The first kappa shape index (κ1) is 16.3. The van der Waals surface area contributed by atoms with Crippen LogP contribution in [0.1, 0.15) is 37.0 Å². The van der Waals surface area contributed by atoms with E-state index in [9.17, 15) is 9.90 Å². The van der Waals surface area contributed by atoms with Crippen LogP contribution in [-0.4, -0.2) is 37.4 Å². The summed E-state index contributed by atoms with van der Waals surface area (Å²) in [6.07, 6.45) is 1.99. The molecule has 0 bridgehead atoms. The quantitative estimate of drug-likeness (QED) is 0.716. The number of benzene rings is 1. The number of nitrogens with two attached hydrogens (primary N) is 1. The van der Waals surface area contributed by atoms with Crippen LogP contribution < -0.4 is 10.6 Å². The van der Waals surface area contributed by atoms with Gasteiger partial charge in [-0.15, -0.1) is 0 Å². The van der Waals surface area contributed by atoms with E-state index in [1.54, 1.807) is 19.2 Å². The van der Waals surface area contributed by atoms with Crippen LogP contribution in [0.15, 0.2) is 18.2 Å². The smallest absolute Gasteiger partial charge is 0.337 e. The van der Waals surface area contributed by atoms with Crippen LogP contribution in [-0.2, 0) is 4.74 Å². The molecule has 0 aliphatic heterocycles. The molecule has 20 heavy (non-hydrogen) atoms. The number of nitrogen functional groups attached to an aromatic ring is 1. The Morgan fingerprint density at radius 1 is 1.40 bits per heavy atom. The molecule has 0 aliphatic rings. The van der Waals surface area contributed by atoms with E-state index in [0.29, 0.717) is 12.6 Å².